The Hall–Kier alpha value is -0.540. The quantitative estimate of drug-likeness (QED) is 0.428. The van der Waals surface area contributed by atoms with E-state index in [1.807, 2.05) is 0 Å². The molecule has 0 spiro atoms. The van der Waals surface area contributed by atoms with Crippen molar-refractivity contribution in [3.63, 3.8) is 0 Å². The summed E-state index contributed by atoms with van der Waals surface area (Å²) >= 11 is 0. The molecule has 3 aliphatic rings. The van der Waals surface area contributed by atoms with E-state index < -0.39 is 37.3 Å². The van der Waals surface area contributed by atoms with Crippen LogP contribution < -0.4 is 0 Å². The Bertz CT molecular complexity index is 567. The van der Waals surface area contributed by atoms with Crippen molar-refractivity contribution >= 4 is 0 Å². The molecule has 2 aliphatic carbocycles. The monoisotopic (exact) mass is 400 g/mol. The highest BCUT2D eigenvalue weighted by atomic mass is 16.7. The molecule has 7 heteroatoms. The molecule has 1 aliphatic heterocycles. The average molecular weight is 401 g/mol. The fraction of sp³-hybridized carbons (Fsp3) is 0.905. The molecule has 3 fully saturated rings. The van der Waals surface area contributed by atoms with Crippen LogP contribution in [0.4, 0.5) is 0 Å². The Kier molecular flexibility index (Phi) is 6.57. The van der Waals surface area contributed by atoms with Crippen LogP contribution in [0, 0.1) is 22.7 Å². The molecule has 0 aromatic rings. The second-order valence-corrected chi connectivity index (χ2v) is 9.50. The summed E-state index contributed by atoms with van der Waals surface area (Å²) in [5.74, 6) is 0.400. The van der Waals surface area contributed by atoms with Gasteiger partial charge in [0.1, 0.15) is 24.4 Å². The summed E-state index contributed by atoms with van der Waals surface area (Å²) in [7, 11) is 0. The smallest absolute Gasteiger partial charge is 0.186 e. The third-order valence-corrected chi connectivity index (χ3v) is 7.78. The van der Waals surface area contributed by atoms with Crippen LogP contribution in [0.15, 0.2) is 12.2 Å². The van der Waals surface area contributed by atoms with Crippen molar-refractivity contribution in [1.29, 1.82) is 0 Å². The molecule has 3 rings (SSSR count). The molecule has 0 radical (unpaired) electrons. The molecule has 1 saturated heterocycles. The normalized spacial score (nSPS) is 49.7. The van der Waals surface area contributed by atoms with Gasteiger partial charge < -0.3 is 35.0 Å². The maximum absolute atomic E-state index is 10.2. The minimum absolute atomic E-state index is 0.0461. The summed E-state index contributed by atoms with van der Waals surface area (Å²) in [5, 5.41) is 49.5. The molecular weight excluding hydrogens is 364 g/mol. The minimum atomic E-state index is -1.44. The maximum Gasteiger partial charge on any atom is 0.186 e. The van der Waals surface area contributed by atoms with Gasteiger partial charge in [0.2, 0.25) is 0 Å². The van der Waals surface area contributed by atoms with Crippen molar-refractivity contribution in [3.05, 3.63) is 12.2 Å². The highest BCUT2D eigenvalue weighted by Crippen LogP contribution is 2.60. The Labute approximate surface area is 167 Å². The predicted molar refractivity (Wildman–Crippen MR) is 102 cm³/mol. The molecule has 1 heterocycles. The first-order valence-electron chi connectivity index (χ1n) is 10.4. The van der Waals surface area contributed by atoms with Crippen LogP contribution in [-0.2, 0) is 9.47 Å². The van der Waals surface area contributed by atoms with Crippen LogP contribution in [0.25, 0.3) is 0 Å². The lowest BCUT2D eigenvalue weighted by atomic mass is 9.47. The van der Waals surface area contributed by atoms with E-state index in [1.165, 1.54) is 0 Å². The Morgan fingerprint density at radius 3 is 2.46 bits per heavy atom. The van der Waals surface area contributed by atoms with Gasteiger partial charge in [-0.25, -0.2) is 0 Å². The zero-order chi connectivity index (χ0) is 20.7. The first-order chi connectivity index (χ1) is 13.2. The van der Waals surface area contributed by atoms with Gasteiger partial charge in [-0.2, -0.15) is 0 Å². The van der Waals surface area contributed by atoms with Gasteiger partial charge >= 0.3 is 0 Å². The Balaban J connectivity index is 1.74. The van der Waals surface area contributed by atoms with Crippen LogP contribution >= 0.6 is 0 Å². The SMILES string of the molecule is C=C1CC[C@H]2[C@@](C)(CO)CCC[C@]2(C)[C@H]1CO[C@@H]1O[C@H](CO)[C@@H](O)[C@H](O)[C@H]1O. The first-order valence-corrected chi connectivity index (χ1v) is 10.4. The highest BCUT2D eigenvalue weighted by Gasteiger charge is 2.55. The van der Waals surface area contributed by atoms with Crippen molar-refractivity contribution < 1.29 is 35.0 Å². The van der Waals surface area contributed by atoms with Crippen LogP contribution in [-0.4, -0.2) is 76.1 Å². The average Bonchev–Trinajstić information content (AvgIpc) is 2.67. The third kappa shape index (κ3) is 3.67. The van der Waals surface area contributed by atoms with E-state index in [1.54, 1.807) is 0 Å². The lowest BCUT2D eigenvalue weighted by Gasteiger charge is -2.58. The molecule has 0 aromatic carbocycles. The zero-order valence-corrected chi connectivity index (χ0v) is 17.0. The van der Waals surface area contributed by atoms with Crippen LogP contribution in [0.3, 0.4) is 0 Å². The van der Waals surface area contributed by atoms with Crippen LogP contribution in [0.5, 0.6) is 0 Å². The molecule has 0 bridgehead atoms. The Morgan fingerprint density at radius 2 is 1.82 bits per heavy atom. The molecule has 2 saturated carbocycles. The van der Waals surface area contributed by atoms with Gasteiger partial charge in [-0.1, -0.05) is 32.4 Å². The van der Waals surface area contributed by atoms with Crippen molar-refractivity contribution in [3.8, 4) is 0 Å². The summed E-state index contributed by atoms with van der Waals surface area (Å²) in [4.78, 5) is 0. The summed E-state index contributed by atoms with van der Waals surface area (Å²) in [6.45, 7) is 8.65. The molecule has 0 unspecified atom stereocenters. The van der Waals surface area contributed by atoms with E-state index in [0.717, 1.165) is 37.7 Å². The summed E-state index contributed by atoms with van der Waals surface area (Å²) < 4.78 is 11.4. The first kappa shape index (κ1) is 22.2. The second kappa shape index (κ2) is 8.30. The Morgan fingerprint density at radius 1 is 1.11 bits per heavy atom. The maximum atomic E-state index is 10.2. The standard InChI is InChI=1S/C21H36O7/c1-12-5-6-15-20(2,11-23)7-4-8-21(15,3)13(12)10-27-19-18(26)17(25)16(24)14(9-22)28-19/h13-19,22-26H,1,4-11H2,2-3H3/t13-,14+,15-,16+,17-,18+,19+,20+,21+/m0/s1. The molecule has 7 nitrogen and oxygen atoms in total. The van der Waals surface area contributed by atoms with Gasteiger partial charge in [-0.05, 0) is 42.4 Å². The fourth-order valence-corrected chi connectivity index (χ4v) is 5.98. The van der Waals surface area contributed by atoms with Crippen LogP contribution in [0.2, 0.25) is 0 Å². The lowest BCUT2D eigenvalue weighted by Crippen LogP contribution is -2.59. The topological polar surface area (TPSA) is 120 Å². The second-order valence-electron chi connectivity index (χ2n) is 9.50. The molecule has 0 aromatic heterocycles. The largest absolute Gasteiger partial charge is 0.396 e. The number of hydrogen-bond acceptors (Lipinski definition) is 7. The van der Waals surface area contributed by atoms with Crippen LogP contribution in [0.1, 0.15) is 46.0 Å². The van der Waals surface area contributed by atoms with E-state index in [-0.39, 0.29) is 30.0 Å². The minimum Gasteiger partial charge on any atom is -0.396 e. The summed E-state index contributed by atoms with van der Waals surface area (Å²) in [5.41, 5.74) is 0.916. The summed E-state index contributed by atoms with van der Waals surface area (Å²) in [6, 6.07) is 0. The van der Waals surface area contributed by atoms with Gasteiger partial charge in [0.15, 0.2) is 6.29 Å². The van der Waals surface area contributed by atoms with E-state index in [9.17, 15) is 25.5 Å². The van der Waals surface area contributed by atoms with Gasteiger partial charge in [0.05, 0.1) is 13.2 Å². The van der Waals surface area contributed by atoms with Gasteiger partial charge in [-0.3, -0.25) is 0 Å². The third-order valence-electron chi connectivity index (χ3n) is 7.78. The molecular formula is C21H36O7. The number of rotatable bonds is 5. The van der Waals surface area contributed by atoms with E-state index in [0.29, 0.717) is 5.92 Å². The fourth-order valence-electron chi connectivity index (χ4n) is 5.98. The number of aliphatic hydroxyl groups excluding tert-OH is 5. The molecule has 5 N–H and O–H groups in total. The lowest BCUT2D eigenvalue weighted by molar-refractivity contribution is -0.305. The van der Waals surface area contributed by atoms with Crippen molar-refractivity contribution in [1.82, 2.24) is 0 Å². The number of aliphatic hydroxyl groups is 5. The van der Waals surface area contributed by atoms with Crippen molar-refractivity contribution in [2.45, 2.75) is 76.7 Å². The van der Waals surface area contributed by atoms with E-state index in [4.69, 9.17) is 9.47 Å². The van der Waals surface area contributed by atoms with Gasteiger partial charge in [0.25, 0.3) is 0 Å². The molecule has 28 heavy (non-hydrogen) atoms. The molecule has 162 valence electrons. The summed E-state index contributed by atoms with van der Waals surface area (Å²) in [6.07, 6.45) is -1.39. The predicted octanol–water partition coefficient (Wildman–Crippen LogP) is 0.574. The zero-order valence-electron chi connectivity index (χ0n) is 17.0. The van der Waals surface area contributed by atoms with E-state index >= 15 is 0 Å². The van der Waals surface area contributed by atoms with Gasteiger partial charge in [0, 0.05) is 12.5 Å². The van der Waals surface area contributed by atoms with Crippen molar-refractivity contribution in [2.75, 3.05) is 19.8 Å². The number of ether oxygens (including phenoxy) is 2. The molecule has 0 amide bonds. The van der Waals surface area contributed by atoms with Gasteiger partial charge in [-0.15, -0.1) is 0 Å². The van der Waals surface area contributed by atoms with E-state index in [2.05, 4.69) is 20.4 Å². The number of fused-ring (bicyclic) bond motifs is 1. The van der Waals surface area contributed by atoms with Crippen molar-refractivity contribution in [2.24, 2.45) is 22.7 Å². The molecule has 9 atom stereocenters. The number of hydrogen-bond donors (Lipinski definition) is 5. The highest BCUT2D eigenvalue weighted by molar-refractivity contribution is 5.16.